The Morgan fingerprint density at radius 2 is 0.933 bits per heavy atom. The molecule has 0 aromatic rings. The summed E-state index contributed by atoms with van der Waals surface area (Å²) in [6.45, 7) is 0.0676. The van der Waals surface area contributed by atoms with Crippen LogP contribution in [0.1, 0.15) is 13.8 Å². The third-order valence-corrected chi connectivity index (χ3v) is 0.732. The Hall–Kier alpha value is -0.630. The Morgan fingerprint density at radius 1 is 0.733 bits per heavy atom. The van der Waals surface area contributed by atoms with Crippen molar-refractivity contribution in [2.45, 2.75) is 38.3 Å². The van der Waals surface area contributed by atoms with Gasteiger partial charge >= 0.3 is 12.4 Å². The van der Waals surface area contributed by atoms with Crippen LogP contribution in [0, 0.1) is 0 Å². The van der Waals surface area contributed by atoms with Crippen LogP contribution in [-0.2, 0) is 0 Å². The quantitative estimate of drug-likeness (QED) is 0.614. The summed E-state index contributed by atoms with van der Waals surface area (Å²) in [5.41, 5.74) is 0. The van der Waals surface area contributed by atoms with E-state index in [4.69, 9.17) is 0 Å². The van der Waals surface area contributed by atoms with E-state index >= 15 is 0 Å². The molecule has 0 saturated carbocycles. The van der Waals surface area contributed by atoms with Gasteiger partial charge in [0.1, 0.15) is 0 Å². The van der Waals surface area contributed by atoms with Crippen LogP contribution in [0.25, 0.3) is 0 Å². The molecule has 0 N–H and O–H groups in total. The maximum Gasteiger partial charge on any atom is 0.425 e. The van der Waals surface area contributed by atoms with Crippen molar-refractivity contribution in [1.82, 2.24) is 0 Å². The van der Waals surface area contributed by atoms with Crippen LogP contribution < -0.4 is 0 Å². The van der Waals surface area contributed by atoms with Crippen molar-refractivity contribution in [2.24, 2.45) is 0 Å². The lowest BCUT2D eigenvalue weighted by Gasteiger charge is -2.17. The van der Waals surface area contributed by atoms with Crippen molar-refractivity contribution in [2.75, 3.05) is 0 Å². The number of alkyl halides is 9. The molecule has 0 spiro atoms. The van der Waals surface area contributed by atoms with E-state index in [-0.39, 0.29) is 13.8 Å². The highest BCUT2D eigenvalue weighted by atomic mass is 19.4. The summed E-state index contributed by atoms with van der Waals surface area (Å²) in [4.78, 5) is 0. The predicted octanol–water partition coefficient (Wildman–Crippen LogP) is 4.11. The average Bonchev–Trinajstić information content (AvgIpc) is 1.77. The largest absolute Gasteiger partial charge is 0.425 e. The summed E-state index contributed by atoms with van der Waals surface area (Å²) < 4.78 is 98.9. The first-order valence-corrected chi connectivity index (χ1v) is 3.31. The minimum atomic E-state index is -5.47. The summed E-state index contributed by atoms with van der Waals surface area (Å²) in [6, 6.07) is 0. The van der Waals surface area contributed by atoms with Crippen LogP contribution in [0.2, 0.25) is 0 Å². The van der Waals surface area contributed by atoms with Gasteiger partial charge in [0.15, 0.2) is 0 Å². The second-order valence-electron chi connectivity index (χ2n) is 2.64. The first kappa shape index (κ1) is 16.8. The standard InChI is InChI=1S/C4H4F6.C2H3F3/c1-3(6,7)2(5)4(8,9)10;1-2(3,4)5/h2H,1H3;1H3. The summed E-state index contributed by atoms with van der Waals surface area (Å²) in [6.07, 6.45) is -13.5. The number of rotatable bonds is 1. The number of hydrogen-bond donors (Lipinski definition) is 0. The summed E-state index contributed by atoms with van der Waals surface area (Å²) in [7, 11) is 0. The highest BCUT2D eigenvalue weighted by Crippen LogP contribution is 2.34. The topological polar surface area (TPSA) is 0 Å². The Kier molecular flexibility index (Phi) is 5.52. The molecule has 0 aliphatic rings. The fraction of sp³-hybridized carbons (Fsp3) is 1.00. The Balaban J connectivity index is 0. The normalized spacial score (nSPS) is 15.4. The Morgan fingerprint density at radius 3 is 0.933 bits per heavy atom. The molecule has 0 fully saturated rings. The van der Waals surface area contributed by atoms with Crippen LogP contribution >= 0.6 is 0 Å². The molecule has 0 bridgehead atoms. The molecule has 0 amide bonds. The van der Waals surface area contributed by atoms with Crippen LogP contribution in [-0.4, -0.2) is 24.4 Å². The Bertz CT molecular complexity index is 151. The van der Waals surface area contributed by atoms with E-state index in [9.17, 15) is 39.5 Å². The zero-order valence-corrected chi connectivity index (χ0v) is 7.48. The third kappa shape index (κ3) is 13.4. The molecule has 0 saturated heterocycles. The van der Waals surface area contributed by atoms with E-state index in [1.165, 1.54) is 0 Å². The zero-order valence-electron chi connectivity index (χ0n) is 7.48. The predicted molar refractivity (Wildman–Crippen MR) is 33.3 cm³/mol. The van der Waals surface area contributed by atoms with E-state index in [2.05, 4.69) is 0 Å². The molecule has 0 aliphatic carbocycles. The van der Waals surface area contributed by atoms with Gasteiger partial charge in [-0.3, -0.25) is 0 Å². The fourth-order valence-corrected chi connectivity index (χ4v) is 0.287. The lowest BCUT2D eigenvalue weighted by atomic mass is 10.2. The van der Waals surface area contributed by atoms with Gasteiger partial charge in [0.25, 0.3) is 12.1 Å². The molecule has 0 aromatic heterocycles. The van der Waals surface area contributed by atoms with Crippen LogP contribution in [0.5, 0.6) is 0 Å². The van der Waals surface area contributed by atoms with Gasteiger partial charge in [0.05, 0.1) is 0 Å². The lowest BCUT2D eigenvalue weighted by Crippen LogP contribution is -2.39. The van der Waals surface area contributed by atoms with Crippen molar-refractivity contribution in [3.8, 4) is 0 Å². The third-order valence-electron chi connectivity index (χ3n) is 0.732. The van der Waals surface area contributed by atoms with Gasteiger partial charge in [-0.1, -0.05) is 0 Å². The number of halogens is 9. The Labute approximate surface area is 79.1 Å². The molecule has 94 valence electrons. The van der Waals surface area contributed by atoms with E-state index in [1.54, 1.807) is 0 Å². The minimum absolute atomic E-state index is 0.120. The van der Waals surface area contributed by atoms with Crippen molar-refractivity contribution in [3.63, 3.8) is 0 Å². The van der Waals surface area contributed by atoms with Gasteiger partial charge in [-0.25, -0.2) is 13.2 Å². The smallest absolute Gasteiger partial charge is 0.231 e. The molecule has 0 rings (SSSR count). The molecule has 0 radical (unpaired) electrons. The van der Waals surface area contributed by atoms with Gasteiger partial charge in [-0.2, -0.15) is 26.3 Å². The monoisotopic (exact) mass is 250 g/mol. The molecule has 1 unspecified atom stereocenters. The van der Waals surface area contributed by atoms with Crippen molar-refractivity contribution < 1.29 is 39.5 Å². The SMILES string of the molecule is CC(F)(F)C(F)C(F)(F)F.CC(F)(F)F. The summed E-state index contributed by atoms with van der Waals surface area (Å²) >= 11 is 0. The second kappa shape index (κ2) is 4.93. The highest BCUT2D eigenvalue weighted by Gasteiger charge is 2.53. The summed E-state index contributed by atoms with van der Waals surface area (Å²) in [5, 5.41) is 0. The molecule has 15 heavy (non-hydrogen) atoms. The average molecular weight is 250 g/mol. The first-order valence-electron chi connectivity index (χ1n) is 3.31. The molecule has 0 nitrogen and oxygen atoms in total. The highest BCUT2D eigenvalue weighted by molar-refractivity contribution is 4.78. The zero-order chi connectivity index (χ0) is 13.1. The van der Waals surface area contributed by atoms with Gasteiger partial charge < -0.3 is 0 Å². The molecular weight excluding hydrogens is 243 g/mol. The molecule has 0 heterocycles. The van der Waals surface area contributed by atoms with Gasteiger partial charge in [0, 0.05) is 13.8 Å². The molecular formula is C6H7F9. The van der Waals surface area contributed by atoms with Gasteiger partial charge in [-0.05, 0) is 0 Å². The van der Waals surface area contributed by atoms with E-state index in [0.29, 0.717) is 0 Å². The van der Waals surface area contributed by atoms with Gasteiger partial charge in [-0.15, -0.1) is 0 Å². The number of hydrogen-bond acceptors (Lipinski definition) is 0. The lowest BCUT2D eigenvalue weighted by molar-refractivity contribution is -0.238. The van der Waals surface area contributed by atoms with Crippen LogP contribution in [0.15, 0.2) is 0 Å². The molecule has 0 aliphatic heterocycles. The van der Waals surface area contributed by atoms with E-state index < -0.39 is 24.4 Å². The summed E-state index contributed by atoms with van der Waals surface area (Å²) in [5.74, 6) is -4.35. The maximum atomic E-state index is 11.5. The van der Waals surface area contributed by atoms with Crippen molar-refractivity contribution in [1.29, 1.82) is 0 Å². The van der Waals surface area contributed by atoms with E-state index in [0.717, 1.165) is 0 Å². The minimum Gasteiger partial charge on any atom is -0.231 e. The fourth-order valence-electron chi connectivity index (χ4n) is 0.287. The van der Waals surface area contributed by atoms with Gasteiger partial charge in [0.2, 0.25) is 0 Å². The maximum absolute atomic E-state index is 11.5. The van der Waals surface area contributed by atoms with Crippen LogP contribution in [0.4, 0.5) is 39.5 Å². The van der Waals surface area contributed by atoms with E-state index in [1.807, 2.05) is 0 Å². The van der Waals surface area contributed by atoms with Crippen molar-refractivity contribution in [3.05, 3.63) is 0 Å². The molecule has 1 atom stereocenters. The molecule has 0 aromatic carbocycles. The second-order valence-corrected chi connectivity index (χ2v) is 2.64. The van der Waals surface area contributed by atoms with Crippen LogP contribution in [0.3, 0.4) is 0 Å². The van der Waals surface area contributed by atoms with Crippen molar-refractivity contribution >= 4 is 0 Å². The first-order chi connectivity index (χ1) is 6.15. The molecule has 9 heteroatoms.